The number of rotatable bonds is 5. The van der Waals surface area contributed by atoms with Gasteiger partial charge in [0, 0.05) is 43.6 Å². The lowest BCUT2D eigenvalue weighted by atomic mass is 10.0. The van der Waals surface area contributed by atoms with Crippen LogP contribution in [0.5, 0.6) is 0 Å². The third kappa shape index (κ3) is 5.19. The Hall–Kier alpha value is -8.35. The summed E-state index contributed by atoms with van der Waals surface area (Å²) in [5.41, 5.74) is 11.2. The predicted octanol–water partition coefficient (Wildman–Crippen LogP) is 14.6. The Morgan fingerprint density at radius 1 is 0.328 bits per heavy atom. The number of furan rings is 2. The molecule has 0 unspecified atom stereocenters. The predicted molar refractivity (Wildman–Crippen MR) is 248 cm³/mol. The van der Waals surface area contributed by atoms with Crippen molar-refractivity contribution >= 4 is 76.5 Å². The zero-order valence-corrected chi connectivity index (χ0v) is 32.6. The highest BCUT2D eigenvalue weighted by Gasteiger charge is 2.25. The van der Waals surface area contributed by atoms with Crippen molar-refractivity contribution in [3.05, 3.63) is 194 Å². The van der Waals surface area contributed by atoms with E-state index in [1.165, 1.54) is 10.8 Å². The summed E-state index contributed by atoms with van der Waals surface area (Å²) in [6, 6.07) is 67.4. The van der Waals surface area contributed by atoms with Gasteiger partial charge in [0.25, 0.3) is 0 Å². The molecule has 0 spiro atoms. The van der Waals surface area contributed by atoms with Crippen molar-refractivity contribution in [2.45, 2.75) is 0 Å². The molecule has 61 heavy (non-hydrogen) atoms. The van der Waals surface area contributed by atoms with Gasteiger partial charge in [-0.3, -0.25) is 0 Å². The molecule has 0 aliphatic heterocycles. The summed E-state index contributed by atoms with van der Waals surface area (Å²) in [6.07, 6.45) is 0. The molecular formula is C55H32N4O2. The molecule has 0 fully saturated rings. The Labute approximate surface area is 348 Å². The maximum absolute atomic E-state index is 6.61. The molecule has 0 amide bonds. The third-order valence-electron chi connectivity index (χ3n) is 12.0. The van der Waals surface area contributed by atoms with Gasteiger partial charge in [-0.1, -0.05) is 146 Å². The van der Waals surface area contributed by atoms with Gasteiger partial charge in [0.15, 0.2) is 17.5 Å². The van der Waals surface area contributed by atoms with Gasteiger partial charge in [0.1, 0.15) is 22.3 Å². The standard InChI is InChI=1S/C55H32N4O2/c1-2-13-33(14-3-1)34-25-27-35(28-26-34)53-56-54(41-20-12-24-48-50(41)39-18-7-10-22-46(39)60-48)58-55(57-53)42-29-30-49-51(40-19-8-11-23-47(40)61-49)52(42)59-44-21-9-6-17-38(44)43-31-36-15-4-5-16-37(36)32-45(43)59/h1-32H. The molecule has 6 heteroatoms. The Morgan fingerprint density at radius 3 is 1.66 bits per heavy atom. The number of hydrogen-bond acceptors (Lipinski definition) is 5. The average Bonchev–Trinajstić information content (AvgIpc) is 4.00. The van der Waals surface area contributed by atoms with Crippen molar-refractivity contribution < 1.29 is 8.83 Å². The largest absolute Gasteiger partial charge is 0.456 e. The molecule has 0 saturated heterocycles. The van der Waals surface area contributed by atoms with Crippen LogP contribution < -0.4 is 0 Å². The summed E-state index contributed by atoms with van der Waals surface area (Å²) in [5, 5.41) is 8.65. The minimum Gasteiger partial charge on any atom is -0.456 e. The van der Waals surface area contributed by atoms with Crippen LogP contribution in [-0.2, 0) is 0 Å². The summed E-state index contributed by atoms with van der Waals surface area (Å²) in [4.78, 5) is 16.1. The van der Waals surface area contributed by atoms with Crippen molar-refractivity contribution in [3.8, 4) is 51.0 Å². The lowest BCUT2D eigenvalue weighted by molar-refractivity contribution is 0.668. The SMILES string of the molecule is c1ccc(-c2ccc(-c3nc(-c4ccc5oc6ccccc6c5c4-n4c5ccccc5c5cc6ccccc6cc54)nc(-c4cccc5oc6ccccc6c45)n3)cc2)cc1. The molecule has 9 aromatic carbocycles. The highest BCUT2D eigenvalue weighted by atomic mass is 16.3. The molecule has 4 heterocycles. The molecule has 0 N–H and O–H groups in total. The Bertz CT molecular complexity index is 3880. The first kappa shape index (κ1) is 33.6. The Kier molecular flexibility index (Phi) is 7.21. The molecule has 6 nitrogen and oxygen atoms in total. The van der Waals surface area contributed by atoms with Crippen molar-refractivity contribution in [1.29, 1.82) is 0 Å². The molecule has 0 aliphatic rings. The van der Waals surface area contributed by atoms with E-state index in [0.717, 1.165) is 99.2 Å². The number of aromatic nitrogens is 4. The molecular weight excluding hydrogens is 749 g/mol. The zero-order chi connectivity index (χ0) is 40.0. The first-order chi connectivity index (χ1) is 30.2. The van der Waals surface area contributed by atoms with Crippen LogP contribution in [0.15, 0.2) is 203 Å². The molecule has 0 aliphatic carbocycles. The maximum atomic E-state index is 6.61. The van der Waals surface area contributed by atoms with Crippen molar-refractivity contribution in [2.24, 2.45) is 0 Å². The van der Waals surface area contributed by atoms with Gasteiger partial charge in [0.2, 0.25) is 0 Å². The number of para-hydroxylation sites is 3. The van der Waals surface area contributed by atoms with Gasteiger partial charge in [-0.2, -0.15) is 0 Å². The van der Waals surface area contributed by atoms with Crippen molar-refractivity contribution in [1.82, 2.24) is 19.5 Å². The lowest BCUT2D eigenvalue weighted by Crippen LogP contribution is -2.04. The first-order valence-corrected chi connectivity index (χ1v) is 20.4. The van der Waals surface area contributed by atoms with Gasteiger partial charge < -0.3 is 13.4 Å². The minimum atomic E-state index is 0.547. The molecule has 13 aromatic rings. The van der Waals surface area contributed by atoms with Crippen LogP contribution in [0, 0.1) is 0 Å². The van der Waals surface area contributed by atoms with E-state index in [1.54, 1.807) is 0 Å². The fourth-order valence-electron chi connectivity index (χ4n) is 9.26. The number of nitrogens with zero attached hydrogens (tertiary/aromatic N) is 4. The summed E-state index contributed by atoms with van der Waals surface area (Å²) in [6.45, 7) is 0. The highest BCUT2D eigenvalue weighted by Crippen LogP contribution is 2.44. The summed E-state index contributed by atoms with van der Waals surface area (Å²) in [7, 11) is 0. The molecule has 0 atom stereocenters. The van der Waals surface area contributed by atoms with Crippen LogP contribution in [-0.4, -0.2) is 19.5 Å². The smallest absolute Gasteiger partial charge is 0.166 e. The number of benzene rings is 9. The van der Waals surface area contributed by atoms with Gasteiger partial charge in [0.05, 0.1) is 22.1 Å². The van der Waals surface area contributed by atoms with Gasteiger partial charge in [-0.15, -0.1) is 0 Å². The zero-order valence-electron chi connectivity index (χ0n) is 32.6. The summed E-state index contributed by atoms with van der Waals surface area (Å²) < 4.78 is 15.4. The van der Waals surface area contributed by atoms with Gasteiger partial charge in [-0.05, 0) is 70.4 Å². The van der Waals surface area contributed by atoms with Crippen LogP contribution in [0.2, 0.25) is 0 Å². The summed E-state index contributed by atoms with van der Waals surface area (Å²) >= 11 is 0. The number of hydrogen-bond donors (Lipinski definition) is 0. The second kappa shape index (κ2) is 13.1. The van der Waals surface area contributed by atoms with Crippen molar-refractivity contribution in [3.63, 3.8) is 0 Å². The van der Waals surface area contributed by atoms with E-state index in [0.29, 0.717) is 17.5 Å². The molecule has 0 bridgehead atoms. The topological polar surface area (TPSA) is 69.9 Å². The van der Waals surface area contributed by atoms with E-state index in [2.05, 4.69) is 150 Å². The van der Waals surface area contributed by atoms with E-state index < -0.39 is 0 Å². The molecule has 13 rings (SSSR count). The minimum absolute atomic E-state index is 0.547. The van der Waals surface area contributed by atoms with Crippen LogP contribution in [0.3, 0.4) is 0 Å². The number of fused-ring (bicyclic) bond motifs is 10. The Balaban J connectivity index is 1.14. The van der Waals surface area contributed by atoms with E-state index in [4.69, 9.17) is 23.8 Å². The second-order valence-electron chi connectivity index (χ2n) is 15.5. The average molecular weight is 781 g/mol. The Morgan fingerprint density at radius 2 is 0.885 bits per heavy atom. The second-order valence-corrected chi connectivity index (χ2v) is 15.5. The summed E-state index contributed by atoms with van der Waals surface area (Å²) in [5.74, 6) is 1.67. The fourth-order valence-corrected chi connectivity index (χ4v) is 9.26. The van der Waals surface area contributed by atoms with Crippen LogP contribution in [0.25, 0.3) is 127 Å². The highest BCUT2D eigenvalue weighted by molar-refractivity contribution is 6.18. The maximum Gasteiger partial charge on any atom is 0.166 e. The quantitative estimate of drug-likeness (QED) is 0.174. The molecule has 4 aromatic heterocycles. The third-order valence-corrected chi connectivity index (χ3v) is 12.0. The van der Waals surface area contributed by atoms with Crippen LogP contribution in [0.4, 0.5) is 0 Å². The van der Waals surface area contributed by atoms with E-state index in [-0.39, 0.29) is 0 Å². The lowest BCUT2D eigenvalue weighted by Gasteiger charge is -2.16. The van der Waals surface area contributed by atoms with E-state index in [9.17, 15) is 0 Å². The fraction of sp³-hybridized carbons (Fsp3) is 0. The van der Waals surface area contributed by atoms with Gasteiger partial charge >= 0.3 is 0 Å². The molecule has 284 valence electrons. The first-order valence-electron chi connectivity index (χ1n) is 20.4. The molecule has 0 radical (unpaired) electrons. The van der Waals surface area contributed by atoms with Crippen LogP contribution in [0.1, 0.15) is 0 Å². The van der Waals surface area contributed by atoms with E-state index >= 15 is 0 Å². The van der Waals surface area contributed by atoms with Crippen LogP contribution >= 0.6 is 0 Å². The van der Waals surface area contributed by atoms with Crippen molar-refractivity contribution in [2.75, 3.05) is 0 Å². The molecule has 0 saturated carbocycles. The monoisotopic (exact) mass is 780 g/mol. The van der Waals surface area contributed by atoms with Gasteiger partial charge in [-0.25, -0.2) is 15.0 Å². The normalized spacial score (nSPS) is 11.9. The van der Waals surface area contributed by atoms with E-state index in [1.807, 2.05) is 48.5 Å².